The molecular weight excluding hydrogens is 905 g/mol. The smallest absolute Gasteiger partial charge is 0.387 e. The normalized spacial score (nSPS) is 19.5. The number of alkyl halides is 4. The third kappa shape index (κ3) is 7.49. The van der Waals surface area contributed by atoms with E-state index in [1.165, 1.54) is 69.7 Å². The highest BCUT2D eigenvalue weighted by Crippen LogP contribution is 2.44. The van der Waals surface area contributed by atoms with Crippen molar-refractivity contribution in [2.75, 3.05) is 13.2 Å². The molecule has 0 saturated carbocycles. The highest BCUT2D eigenvalue weighted by molar-refractivity contribution is 9.10. The molecule has 8 rings (SSSR count). The number of imidazole rings is 2. The van der Waals surface area contributed by atoms with Crippen molar-refractivity contribution in [3.63, 3.8) is 0 Å². The lowest BCUT2D eigenvalue weighted by Gasteiger charge is -2.28. The molecule has 2 N–H and O–H groups in total. The van der Waals surface area contributed by atoms with E-state index in [9.17, 15) is 36.6 Å². The molecule has 0 unspecified atom stereocenters. The minimum atomic E-state index is -3.04. The van der Waals surface area contributed by atoms with Crippen molar-refractivity contribution < 1.29 is 55.5 Å². The largest absolute Gasteiger partial charge is 0.434 e. The molecule has 0 saturated heterocycles. The summed E-state index contributed by atoms with van der Waals surface area (Å²) in [7, 11) is 0. The van der Waals surface area contributed by atoms with Gasteiger partial charge in [0, 0.05) is 45.7 Å². The number of benzene rings is 2. The van der Waals surface area contributed by atoms with Crippen LogP contribution in [0.4, 0.5) is 26.3 Å². The standard InChI is InChI=1S/2C17H11BrClF3N2O3/c2*18-9-5-24-13(4-10(9)20)23-14-11(25)6-26-16(15(14)24)8-3-7(19)1-2-12(8)27-17(21)22/h2*1-5,11,16-17,25H,6H2/t11-,16+;11-,16-/m11/s1. The predicted molar refractivity (Wildman–Crippen MR) is 187 cm³/mol. The summed E-state index contributed by atoms with van der Waals surface area (Å²) in [6.07, 6.45) is -1.02. The van der Waals surface area contributed by atoms with Crippen LogP contribution in [0.25, 0.3) is 11.3 Å². The van der Waals surface area contributed by atoms with Crippen molar-refractivity contribution in [1.82, 2.24) is 18.8 Å². The van der Waals surface area contributed by atoms with Crippen LogP contribution in [0.2, 0.25) is 10.0 Å². The fourth-order valence-electron chi connectivity index (χ4n) is 6.18. The first-order valence-electron chi connectivity index (χ1n) is 15.5. The first kappa shape index (κ1) is 38.6. The van der Waals surface area contributed by atoms with Gasteiger partial charge in [0.25, 0.3) is 0 Å². The van der Waals surface area contributed by atoms with Crippen LogP contribution < -0.4 is 9.47 Å². The van der Waals surface area contributed by atoms with Crippen LogP contribution in [-0.4, -0.2) is 55.4 Å². The molecule has 54 heavy (non-hydrogen) atoms. The average molecular weight is 927 g/mol. The fourth-order valence-corrected chi connectivity index (χ4v) is 7.18. The van der Waals surface area contributed by atoms with Gasteiger partial charge in [0.1, 0.15) is 58.8 Å². The molecule has 0 bridgehead atoms. The second kappa shape index (κ2) is 15.5. The zero-order valence-corrected chi connectivity index (χ0v) is 31.4. The number of fused-ring (bicyclic) bond motifs is 6. The number of aliphatic hydroxyl groups excluding tert-OH is 2. The van der Waals surface area contributed by atoms with Crippen LogP contribution in [0.1, 0.15) is 58.3 Å². The Bertz CT molecular complexity index is 2220. The van der Waals surface area contributed by atoms with E-state index in [4.69, 9.17) is 32.7 Å². The molecule has 2 aromatic carbocycles. The number of hydrogen-bond donors (Lipinski definition) is 2. The van der Waals surface area contributed by atoms with E-state index in [0.29, 0.717) is 21.4 Å². The van der Waals surface area contributed by atoms with Crippen LogP contribution in [0, 0.1) is 11.6 Å². The van der Waals surface area contributed by atoms with Crippen LogP contribution in [0.5, 0.6) is 11.5 Å². The zero-order chi connectivity index (χ0) is 38.6. The second-order valence-corrected chi connectivity index (χ2v) is 14.3. The van der Waals surface area contributed by atoms with E-state index in [0.717, 1.165) is 0 Å². The van der Waals surface area contributed by atoms with Crippen molar-refractivity contribution in [2.45, 2.75) is 37.6 Å². The average Bonchev–Trinajstić information content (AvgIpc) is 3.67. The summed E-state index contributed by atoms with van der Waals surface area (Å²) in [6.45, 7) is -6.31. The first-order chi connectivity index (χ1) is 25.7. The Balaban J connectivity index is 0.000000167. The van der Waals surface area contributed by atoms with E-state index in [2.05, 4.69) is 51.3 Å². The Morgan fingerprint density at radius 1 is 0.685 bits per heavy atom. The van der Waals surface area contributed by atoms with Crippen LogP contribution in [0.3, 0.4) is 0 Å². The minimum Gasteiger partial charge on any atom is -0.434 e. The summed E-state index contributed by atoms with van der Waals surface area (Å²) in [4.78, 5) is 8.55. The van der Waals surface area contributed by atoms with Crippen molar-refractivity contribution in [3.8, 4) is 11.5 Å². The SMILES string of the molecule is O[C@@H]1CO[C@@H](c2cc(Cl)ccc2OC(F)F)c2c1nc1cc(F)c(Br)cn21.O[C@@H]1CO[C@H](c2cc(Cl)ccc2OC(F)F)c2c1nc1cc(F)c(Br)cn21. The van der Waals surface area contributed by atoms with Gasteiger partial charge in [0.15, 0.2) is 0 Å². The molecule has 6 heterocycles. The van der Waals surface area contributed by atoms with Gasteiger partial charge in [0.05, 0.1) is 44.9 Å². The number of hydrogen-bond acceptors (Lipinski definition) is 8. The quantitative estimate of drug-likeness (QED) is 0.159. The molecule has 0 fully saturated rings. The van der Waals surface area contributed by atoms with E-state index in [1.807, 2.05) is 0 Å². The Kier molecular flexibility index (Phi) is 11.1. The topological polar surface area (TPSA) is 112 Å². The Morgan fingerprint density at radius 2 is 1.07 bits per heavy atom. The fraction of sp³-hybridized carbons (Fsp3) is 0.235. The maximum absolute atomic E-state index is 13.9. The highest BCUT2D eigenvalue weighted by Gasteiger charge is 2.37. The van der Waals surface area contributed by atoms with E-state index in [-0.39, 0.29) is 67.5 Å². The lowest BCUT2D eigenvalue weighted by molar-refractivity contribution is -0.0554. The molecule has 2 aliphatic heterocycles. The van der Waals surface area contributed by atoms with Crippen LogP contribution >= 0.6 is 55.1 Å². The molecule has 4 atom stereocenters. The van der Waals surface area contributed by atoms with Gasteiger partial charge < -0.3 is 29.2 Å². The molecule has 0 amide bonds. The molecule has 20 heteroatoms. The molecule has 2 aliphatic rings. The predicted octanol–water partition coefficient (Wildman–Crippen LogP) is 9.29. The minimum absolute atomic E-state index is 0.113. The Labute approximate surface area is 327 Å². The van der Waals surface area contributed by atoms with Crippen LogP contribution in [-0.2, 0) is 9.47 Å². The molecule has 0 radical (unpaired) electrons. The third-order valence-electron chi connectivity index (χ3n) is 8.37. The van der Waals surface area contributed by atoms with Gasteiger partial charge in [-0.25, -0.2) is 18.7 Å². The molecule has 0 spiro atoms. The number of aromatic nitrogens is 4. The summed E-state index contributed by atoms with van der Waals surface area (Å²) in [6, 6.07) is 10.8. The summed E-state index contributed by atoms with van der Waals surface area (Å²) in [5, 5.41) is 21.1. The molecule has 6 aromatic rings. The van der Waals surface area contributed by atoms with E-state index < -0.39 is 49.3 Å². The number of rotatable bonds is 6. The van der Waals surface area contributed by atoms with Crippen molar-refractivity contribution in [2.24, 2.45) is 0 Å². The van der Waals surface area contributed by atoms with Gasteiger partial charge >= 0.3 is 13.2 Å². The van der Waals surface area contributed by atoms with Crippen LogP contribution in [0.15, 0.2) is 69.9 Å². The Morgan fingerprint density at radius 3 is 1.44 bits per heavy atom. The lowest BCUT2D eigenvalue weighted by Crippen LogP contribution is -2.23. The van der Waals surface area contributed by atoms with Gasteiger partial charge in [-0.1, -0.05) is 23.2 Å². The van der Waals surface area contributed by atoms with Gasteiger partial charge in [-0.2, -0.15) is 17.6 Å². The number of nitrogens with zero attached hydrogens (tertiary/aromatic N) is 4. The number of pyridine rings is 2. The lowest BCUT2D eigenvalue weighted by atomic mass is 9.99. The Hall–Kier alpha value is -3.62. The first-order valence-corrected chi connectivity index (χ1v) is 17.9. The zero-order valence-electron chi connectivity index (χ0n) is 26.7. The summed E-state index contributed by atoms with van der Waals surface area (Å²) in [5.41, 5.74) is 2.29. The van der Waals surface area contributed by atoms with Gasteiger partial charge in [-0.3, -0.25) is 8.80 Å². The van der Waals surface area contributed by atoms with Gasteiger partial charge in [-0.05, 0) is 68.3 Å². The summed E-state index contributed by atoms with van der Waals surface area (Å²) in [5.74, 6) is -1.28. The molecule has 10 nitrogen and oxygen atoms in total. The maximum atomic E-state index is 13.9. The summed E-state index contributed by atoms with van der Waals surface area (Å²) < 4.78 is 103. The third-order valence-corrected chi connectivity index (χ3v) is 10.0. The summed E-state index contributed by atoms with van der Waals surface area (Å²) >= 11 is 18.3. The molecule has 4 aromatic heterocycles. The number of aliphatic hydroxyl groups is 2. The molecule has 284 valence electrons. The van der Waals surface area contributed by atoms with Crippen molar-refractivity contribution in [3.05, 3.63) is 125 Å². The maximum Gasteiger partial charge on any atom is 0.387 e. The van der Waals surface area contributed by atoms with Crippen molar-refractivity contribution >= 4 is 66.4 Å². The van der Waals surface area contributed by atoms with Gasteiger partial charge in [-0.15, -0.1) is 0 Å². The molecule has 0 aliphatic carbocycles. The van der Waals surface area contributed by atoms with Crippen molar-refractivity contribution in [1.29, 1.82) is 0 Å². The van der Waals surface area contributed by atoms with E-state index in [1.54, 1.807) is 0 Å². The van der Waals surface area contributed by atoms with Gasteiger partial charge in [0.2, 0.25) is 0 Å². The second-order valence-electron chi connectivity index (χ2n) is 11.7. The number of ether oxygens (including phenoxy) is 4. The van der Waals surface area contributed by atoms with E-state index >= 15 is 0 Å². The number of halogens is 10. The highest BCUT2D eigenvalue weighted by atomic mass is 79.9. The monoisotopic (exact) mass is 924 g/mol. The molecular formula is C34H22Br2Cl2F6N4O6.